The summed E-state index contributed by atoms with van der Waals surface area (Å²) in [5.41, 5.74) is -2.92. The molecule has 1 nitrogen and oxygen atoms in total. The van der Waals surface area contributed by atoms with Crippen molar-refractivity contribution in [1.82, 2.24) is 0 Å². The Hall–Kier alpha value is -1.03. The van der Waals surface area contributed by atoms with Crippen LogP contribution in [-0.4, -0.2) is 16.9 Å². The lowest BCUT2D eigenvalue weighted by atomic mass is 9.87. The molecule has 0 aromatic heterocycles. The second-order valence-electron chi connectivity index (χ2n) is 3.45. The molecule has 0 spiro atoms. The highest BCUT2D eigenvalue weighted by Gasteiger charge is 2.54. The molecule has 4 heteroatoms. The minimum atomic E-state index is -4.67. The van der Waals surface area contributed by atoms with E-state index in [1.807, 2.05) is 13.8 Å². The number of allylic oxidation sites excluding steroid dienone is 3. The molecule has 0 saturated carbocycles. The van der Waals surface area contributed by atoms with Crippen LogP contribution in [0.25, 0.3) is 0 Å². The van der Waals surface area contributed by atoms with Crippen LogP contribution in [0.3, 0.4) is 0 Å². The van der Waals surface area contributed by atoms with Crippen molar-refractivity contribution in [3.05, 3.63) is 36.5 Å². The highest BCUT2D eigenvalue weighted by Crippen LogP contribution is 2.40. The van der Waals surface area contributed by atoms with Gasteiger partial charge in [-0.1, -0.05) is 58.1 Å². The normalized spacial score (nSPS) is 15.9. The Morgan fingerprint density at radius 3 is 2.06 bits per heavy atom. The minimum Gasteiger partial charge on any atom is -0.376 e. The summed E-state index contributed by atoms with van der Waals surface area (Å²) in [6.45, 7) is 10.4. The van der Waals surface area contributed by atoms with E-state index in [1.165, 1.54) is 31.2 Å². The van der Waals surface area contributed by atoms with Crippen LogP contribution >= 0.6 is 0 Å². The first kappa shape index (κ1) is 19.3. The molecule has 1 N–H and O–H groups in total. The summed E-state index contributed by atoms with van der Waals surface area (Å²) in [5.74, 6) is 0. The molecule has 0 radical (unpaired) electrons. The summed E-state index contributed by atoms with van der Waals surface area (Å²) >= 11 is 0. The van der Waals surface area contributed by atoms with Gasteiger partial charge in [0.05, 0.1) is 0 Å². The number of alkyl halides is 3. The second kappa shape index (κ2) is 8.97. The fourth-order valence-corrected chi connectivity index (χ4v) is 1.46. The molecule has 0 aliphatic heterocycles. The zero-order chi connectivity index (χ0) is 14.8. The van der Waals surface area contributed by atoms with Crippen LogP contribution in [0.5, 0.6) is 0 Å². The summed E-state index contributed by atoms with van der Waals surface area (Å²) in [7, 11) is 0. The van der Waals surface area contributed by atoms with E-state index in [1.54, 1.807) is 6.92 Å². The van der Waals surface area contributed by atoms with Gasteiger partial charge in [-0.25, -0.2) is 0 Å². The van der Waals surface area contributed by atoms with Gasteiger partial charge in [0.1, 0.15) is 0 Å². The maximum Gasteiger partial charge on any atom is 0.421 e. The van der Waals surface area contributed by atoms with E-state index in [4.69, 9.17) is 0 Å². The van der Waals surface area contributed by atoms with Crippen LogP contribution in [0.4, 0.5) is 13.2 Å². The van der Waals surface area contributed by atoms with E-state index >= 15 is 0 Å². The topological polar surface area (TPSA) is 20.2 Å². The van der Waals surface area contributed by atoms with E-state index in [0.29, 0.717) is 0 Å². The summed E-state index contributed by atoms with van der Waals surface area (Å²) in [6.07, 6.45) is 0.469. The molecule has 0 saturated heterocycles. The third-order valence-corrected chi connectivity index (χ3v) is 2.28. The molecule has 0 bridgehead atoms. The molecule has 0 rings (SSSR count). The van der Waals surface area contributed by atoms with E-state index < -0.39 is 11.8 Å². The average Bonchev–Trinajstić information content (AvgIpc) is 2.31. The van der Waals surface area contributed by atoms with Crippen LogP contribution < -0.4 is 0 Å². The van der Waals surface area contributed by atoms with Gasteiger partial charge in [0.15, 0.2) is 5.60 Å². The van der Waals surface area contributed by atoms with Crippen LogP contribution in [0, 0.1) is 0 Å². The Morgan fingerprint density at radius 2 is 1.78 bits per heavy atom. The van der Waals surface area contributed by atoms with Crippen molar-refractivity contribution in [2.45, 2.75) is 52.3 Å². The number of hydrogen-bond donors (Lipinski definition) is 1. The first-order valence-electron chi connectivity index (χ1n) is 6.08. The van der Waals surface area contributed by atoms with Gasteiger partial charge in [-0.15, -0.1) is 0 Å². The van der Waals surface area contributed by atoms with Gasteiger partial charge in [0.25, 0.3) is 0 Å². The minimum absolute atomic E-state index is 0.151. The van der Waals surface area contributed by atoms with Crippen molar-refractivity contribution in [3.8, 4) is 0 Å². The molecular formula is C14H23F3O. The average molecular weight is 264 g/mol. The molecule has 1 unspecified atom stereocenters. The lowest BCUT2D eigenvalue weighted by Gasteiger charge is -2.31. The van der Waals surface area contributed by atoms with Crippen LogP contribution in [0.1, 0.15) is 40.5 Å². The van der Waals surface area contributed by atoms with Crippen LogP contribution in [0.15, 0.2) is 36.5 Å². The van der Waals surface area contributed by atoms with Gasteiger partial charge < -0.3 is 5.11 Å². The van der Waals surface area contributed by atoms with Crippen molar-refractivity contribution < 1.29 is 18.3 Å². The molecule has 18 heavy (non-hydrogen) atoms. The number of aliphatic hydroxyl groups is 1. The van der Waals surface area contributed by atoms with E-state index in [0.717, 1.165) is 0 Å². The fraction of sp³-hybridized carbons (Fsp3) is 0.571. The summed E-state index contributed by atoms with van der Waals surface area (Å²) < 4.78 is 38.4. The Balaban J connectivity index is 0. The standard InChI is InChI=1S/C12H17F3O.C2H6/c1-4-7-8-10(6-3)11(16,9-5-2)12(13,14)15;1-2/h4,6-8,16H,1,5,9H2,2-3H3;1-2H3/b8-7-,10-6+;. The Bertz CT molecular complexity index is 290. The summed E-state index contributed by atoms with van der Waals surface area (Å²) in [5, 5.41) is 9.76. The summed E-state index contributed by atoms with van der Waals surface area (Å²) in [6, 6.07) is 0. The Morgan fingerprint density at radius 1 is 1.28 bits per heavy atom. The lowest BCUT2D eigenvalue weighted by molar-refractivity contribution is -0.245. The number of hydrogen-bond acceptors (Lipinski definition) is 1. The maximum atomic E-state index is 12.8. The third kappa shape index (κ3) is 5.08. The van der Waals surface area contributed by atoms with Crippen LogP contribution in [0.2, 0.25) is 0 Å². The molecule has 0 aromatic rings. The molecule has 0 amide bonds. The maximum absolute atomic E-state index is 12.8. The molecule has 0 aromatic carbocycles. The predicted octanol–water partition coefficient (Wildman–Crippen LogP) is 4.79. The number of rotatable bonds is 5. The van der Waals surface area contributed by atoms with Crippen molar-refractivity contribution in [2.75, 3.05) is 0 Å². The second-order valence-corrected chi connectivity index (χ2v) is 3.45. The molecule has 106 valence electrons. The smallest absolute Gasteiger partial charge is 0.376 e. The highest BCUT2D eigenvalue weighted by molar-refractivity contribution is 5.32. The van der Waals surface area contributed by atoms with E-state index in [2.05, 4.69) is 6.58 Å². The highest BCUT2D eigenvalue weighted by atomic mass is 19.4. The number of halogens is 3. The van der Waals surface area contributed by atoms with Gasteiger partial charge >= 0.3 is 6.18 Å². The SMILES string of the molecule is C=C/C=C\C(=C/C)C(O)(CCC)C(F)(F)F.CC. The van der Waals surface area contributed by atoms with Crippen molar-refractivity contribution in [1.29, 1.82) is 0 Å². The van der Waals surface area contributed by atoms with Crippen molar-refractivity contribution in [3.63, 3.8) is 0 Å². The van der Waals surface area contributed by atoms with E-state index in [9.17, 15) is 18.3 Å². The Kier molecular flexibility index (Phi) is 9.63. The van der Waals surface area contributed by atoms with Gasteiger partial charge in [-0.2, -0.15) is 13.2 Å². The van der Waals surface area contributed by atoms with Gasteiger partial charge in [-0.05, 0) is 18.9 Å². The molecule has 0 aliphatic carbocycles. The first-order valence-corrected chi connectivity index (χ1v) is 6.08. The fourth-order valence-electron chi connectivity index (χ4n) is 1.46. The molecule has 0 heterocycles. The largest absolute Gasteiger partial charge is 0.421 e. The lowest BCUT2D eigenvalue weighted by Crippen LogP contribution is -2.46. The zero-order valence-electron chi connectivity index (χ0n) is 11.5. The molecule has 0 aliphatic rings. The van der Waals surface area contributed by atoms with Gasteiger partial charge in [0.2, 0.25) is 0 Å². The Labute approximate surface area is 108 Å². The predicted molar refractivity (Wildman–Crippen MR) is 70.4 cm³/mol. The first-order chi connectivity index (χ1) is 8.33. The third-order valence-electron chi connectivity index (χ3n) is 2.28. The van der Waals surface area contributed by atoms with Gasteiger partial charge in [-0.3, -0.25) is 0 Å². The summed E-state index contributed by atoms with van der Waals surface area (Å²) in [4.78, 5) is 0. The van der Waals surface area contributed by atoms with Crippen LogP contribution in [-0.2, 0) is 0 Å². The van der Waals surface area contributed by atoms with Crippen molar-refractivity contribution >= 4 is 0 Å². The quantitative estimate of drug-likeness (QED) is 0.707. The van der Waals surface area contributed by atoms with Gasteiger partial charge in [0, 0.05) is 0 Å². The molecule has 0 fully saturated rings. The molecule has 1 atom stereocenters. The zero-order valence-corrected chi connectivity index (χ0v) is 11.5. The molecular weight excluding hydrogens is 241 g/mol. The monoisotopic (exact) mass is 264 g/mol. The van der Waals surface area contributed by atoms with E-state index in [-0.39, 0.29) is 18.4 Å². The van der Waals surface area contributed by atoms with Crippen molar-refractivity contribution in [2.24, 2.45) is 0 Å².